The van der Waals surface area contributed by atoms with E-state index < -0.39 is 0 Å². The summed E-state index contributed by atoms with van der Waals surface area (Å²) in [5.41, 5.74) is 1.14. The van der Waals surface area contributed by atoms with E-state index in [9.17, 15) is 4.79 Å². The SMILES string of the molecule is CSC1(CNC(=O)c2cncc(C#CCO)c2)CCCC1. The van der Waals surface area contributed by atoms with Crippen molar-refractivity contribution in [2.45, 2.75) is 30.4 Å². The molecule has 0 aliphatic heterocycles. The van der Waals surface area contributed by atoms with E-state index in [1.54, 1.807) is 18.5 Å². The molecule has 21 heavy (non-hydrogen) atoms. The molecule has 0 aromatic carbocycles. The van der Waals surface area contributed by atoms with E-state index in [1.165, 1.54) is 12.8 Å². The normalized spacial score (nSPS) is 16.1. The number of pyridine rings is 1. The molecule has 5 heteroatoms. The Labute approximate surface area is 129 Å². The smallest absolute Gasteiger partial charge is 0.252 e. The summed E-state index contributed by atoms with van der Waals surface area (Å²) >= 11 is 1.85. The van der Waals surface area contributed by atoms with Gasteiger partial charge in [-0.25, -0.2) is 0 Å². The first-order valence-electron chi connectivity index (χ1n) is 7.07. The molecular formula is C16H20N2O2S. The number of aliphatic hydroxyl groups is 1. The van der Waals surface area contributed by atoms with Crippen molar-refractivity contribution < 1.29 is 9.90 Å². The molecule has 0 bridgehead atoms. The fraction of sp³-hybridized carbons (Fsp3) is 0.500. The van der Waals surface area contributed by atoms with Crippen LogP contribution in [0.4, 0.5) is 0 Å². The van der Waals surface area contributed by atoms with Gasteiger partial charge in [-0.05, 0) is 25.2 Å². The third kappa shape index (κ3) is 4.23. The second-order valence-electron chi connectivity index (χ2n) is 5.20. The van der Waals surface area contributed by atoms with Crippen molar-refractivity contribution in [1.82, 2.24) is 10.3 Å². The third-order valence-corrected chi connectivity index (χ3v) is 5.25. The first-order chi connectivity index (χ1) is 10.2. The highest BCUT2D eigenvalue weighted by atomic mass is 32.2. The van der Waals surface area contributed by atoms with Crippen LogP contribution in [0.15, 0.2) is 18.5 Å². The Balaban J connectivity index is 2.00. The lowest BCUT2D eigenvalue weighted by molar-refractivity contribution is 0.0949. The van der Waals surface area contributed by atoms with Gasteiger partial charge in [0.1, 0.15) is 6.61 Å². The van der Waals surface area contributed by atoms with Crippen molar-refractivity contribution in [3.63, 3.8) is 0 Å². The summed E-state index contributed by atoms with van der Waals surface area (Å²) in [5.74, 6) is 5.20. The van der Waals surface area contributed by atoms with Crippen LogP contribution in [0.1, 0.15) is 41.6 Å². The predicted molar refractivity (Wildman–Crippen MR) is 85.2 cm³/mol. The molecule has 1 saturated carbocycles. The van der Waals surface area contributed by atoms with Gasteiger partial charge in [-0.2, -0.15) is 11.8 Å². The summed E-state index contributed by atoms with van der Waals surface area (Å²) in [6.45, 7) is 0.492. The van der Waals surface area contributed by atoms with E-state index in [0.717, 1.165) is 12.8 Å². The Morgan fingerprint density at radius 2 is 2.24 bits per heavy atom. The van der Waals surface area contributed by atoms with Crippen LogP contribution in [0.25, 0.3) is 0 Å². The van der Waals surface area contributed by atoms with E-state index in [-0.39, 0.29) is 17.3 Å². The van der Waals surface area contributed by atoms with E-state index >= 15 is 0 Å². The van der Waals surface area contributed by atoms with Gasteiger partial charge in [0.05, 0.1) is 5.56 Å². The summed E-state index contributed by atoms with van der Waals surface area (Å²) in [7, 11) is 0. The summed E-state index contributed by atoms with van der Waals surface area (Å²) in [5, 5.41) is 11.7. The Bertz CT molecular complexity index is 557. The average Bonchev–Trinajstić information content (AvgIpc) is 3.00. The molecule has 0 radical (unpaired) electrons. The molecular weight excluding hydrogens is 284 g/mol. The zero-order valence-electron chi connectivity index (χ0n) is 12.2. The maximum atomic E-state index is 12.2. The van der Waals surface area contributed by atoms with Gasteiger partial charge in [-0.1, -0.05) is 24.7 Å². The lowest BCUT2D eigenvalue weighted by Crippen LogP contribution is -2.38. The quantitative estimate of drug-likeness (QED) is 0.833. The fourth-order valence-corrected chi connectivity index (χ4v) is 3.50. The molecule has 0 saturated heterocycles. The van der Waals surface area contributed by atoms with Gasteiger partial charge in [0.15, 0.2) is 0 Å². The molecule has 0 spiro atoms. The molecule has 1 amide bonds. The van der Waals surface area contributed by atoms with Crippen LogP contribution in [-0.4, -0.2) is 40.2 Å². The van der Waals surface area contributed by atoms with Crippen molar-refractivity contribution in [3.8, 4) is 11.8 Å². The topological polar surface area (TPSA) is 62.2 Å². The molecule has 1 aliphatic rings. The highest BCUT2D eigenvalue weighted by Crippen LogP contribution is 2.39. The highest BCUT2D eigenvalue weighted by molar-refractivity contribution is 8.00. The van der Waals surface area contributed by atoms with E-state index in [0.29, 0.717) is 17.7 Å². The van der Waals surface area contributed by atoms with Crippen LogP contribution in [-0.2, 0) is 0 Å². The van der Waals surface area contributed by atoms with Crippen LogP contribution >= 0.6 is 11.8 Å². The number of aromatic nitrogens is 1. The average molecular weight is 304 g/mol. The second kappa shape index (κ2) is 7.48. The molecule has 0 atom stereocenters. The number of nitrogens with zero attached hydrogens (tertiary/aromatic N) is 1. The maximum absolute atomic E-state index is 12.2. The third-order valence-electron chi connectivity index (χ3n) is 3.83. The van der Waals surface area contributed by atoms with Gasteiger partial charge < -0.3 is 10.4 Å². The number of hydrogen-bond acceptors (Lipinski definition) is 4. The minimum atomic E-state index is -0.202. The first kappa shape index (κ1) is 15.9. The maximum Gasteiger partial charge on any atom is 0.252 e. The Morgan fingerprint density at radius 1 is 1.48 bits per heavy atom. The van der Waals surface area contributed by atoms with Crippen molar-refractivity contribution >= 4 is 17.7 Å². The van der Waals surface area contributed by atoms with Gasteiger partial charge in [0, 0.05) is 29.2 Å². The standard InChI is InChI=1S/C16H20N2O2S/c1-21-16(6-2-3-7-16)12-18-15(20)14-9-13(5-4-8-19)10-17-11-14/h9-11,19H,2-3,6-8,12H2,1H3,(H,18,20). The summed E-state index contributed by atoms with van der Waals surface area (Å²) in [6.07, 6.45) is 10.0. The van der Waals surface area contributed by atoms with Crippen molar-refractivity contribution in [3.05, 3.63) is 29.6 Å². The lowest BCUT2D eigenvalue weighted by atomic mass is 10.1. The summed E-state index contributed by atoms with van der Waals surface area (Å²) < 4.78 is 0.192. The number of carbonyl (C=O) groups is 1. The number of thioether (sulfide) groups is 1. The largest absolute Gasteiger partial charge is 0.384 e. The Morgan fingerprint density at radius 3 is 2.90 bits per heavy atom. The molecule has 1 aromatic rings. The molecule has 1 fully saturated rings. The number of carbonyl (C=O) groups excluding carboxylic acids is 1. The van der Waals surface area contributed by atoms with E-state index in [4.69, 9.17) is 5.11 Å². The number of amides is 1. The molecule has 112 valence electrons. The van der Waals surface area contributed by atoms with Crippen LogP contribution < -0.4 is 5.32 Å². The molecule has 1 heterocycles. The van der Waals surface area contributed by atoms with E-state index in [1.807, 2.05) is 11.8 Å². The zero-order valence-corrected chi connectivity index (χ0v) is 13.0. The van der Waals surface area contributed by atoms with Crippen molar-refractivity contribution in [1.29, 1.82) is 0 Å². The molecule has 4 nitrogen and oxygen atoms in total. The lowest BCUT2D eigenvalue weighted by Gasteiger charge is -2.26. The van der Waals surface area contributed by atoms with Crippen LogP contribution in [0.3, 0.4) is 0 Å². The monoisotopic (exact) mass is 304 g/mol. The summed E-state index contributed by atoms with van der Waals surface area (Å²) in [4.78, 5) is 16.3. The number of aliphatic hydroxyl groups excluding tert-OH is 1. The predicted octanol–water partition coefficient (Wildman–Crippen LogP) is 1.83. The van der Waals surface area contributed by atoms with Gasteiger partial charge in [-0.3, -0.25) is 9.78 Å². The first-order valence-corrected chi connectivity index (χ1v) is 8.30. The fourth-order valence-electron chi connectivity index (χ4n) is 2.59. The Kier molecular flexibility index (Phi) is 5.66. The highest BCUT2D eigenvalue weighted by Gasteiger charge is 2.33. The van der Waals surface area contributed by atoms with Crippen LogP contribution in [0.5, 0.6) is 0 Å². The summed E-state index contributed by atoms with van der Waals surface area (Å²) in [6, 6.07) is 1.70. The van der Waals surface area contributed by atoms with Crippen molar-refractivity contribution in [2.75, 3.05) is 19.4 Å². The molecule has 1 aliphatic carbocycles. The van der Waals surface area contributed by atoms with Crippen LogP contribution in [0, 0.1) is 11.8 Å². The van der Waals surface area contributed by atoms with Crippen molar-refractivity contribution in [2.24, 2.45) is 0 Å². The van der Waals surface area contributed by atoms with E-state index in [2.05, 4.69) is 28.4 Å². The Hall–Kier alpha value is -1.51. The molecule has 2 rings (SSSR count). The van der Waals surface area contributed by atoms with Gasteiger partial charge >= 0.3 is 0 Å². The minimum absolute atomic E-state index is 0.115. The van der Waals surface area contributed by atoms with Crippen LogP contribution in [0.2, 0.25) is 0 Å². The second-order valence-corrected chi connectivity index (χ2v) is 6.47. The van der Waals surface area contributed by atoms with Gasteiger partial charge in [0.25, 0.3) is 5.91 Å². The minimum Gasteiger partial charge on any atom is -0.384 e. The zero-order chi connectivity index (χ0) is 15.1. The molecule has 1 aromatic heterocycles. The number of rotatable bonds is 4. The van der Waals surface area contributed by atoms with Gasteiger partial charge in [-0.15, -0.1) is 0 Å². The molecule has 2 N–H and O–H groups in total. The molecule has 0 unspecified atom stereocenters. The van der Waals surface area contributed by atoms with Gasteiger partial charge in [0.2, 0.25) is 0 Å². The number of nitrogens with one attached hydrogen (secondary N) is 1. The number of hydrogen-bond donors (Lipinski definition) is 2.